The standard InChI is InChI=1S/C12H20BN/c1-7-9-13(10-8-2)14(11(3)4)12(5)6/h11-12H,1-6H3. The van der Waals surface area contributed by atoms with Crippen LogP contribution < -0.4 is 0 Å². The van der Waals surface area contributed by atoms with E-state index >= 15 is 0 Å². The molecule has 0 unspecified atom stereocenters. The van der Waals surface area contributed by atoms with Gasteiger partial charge in [0.05, 0.1) is 0 Å². The molecule has 0 spiro atoms. The maximum absolute atomic E-state index is 3.15. The SMILES string of the molecule is CC#CB(C#CC)N(C(C)C)C(C)C. The highest BCUT2D eigenvalue weighted by molar-refractivity contribution is 6.73. The van der Waals surface area contributed by atoms with Crippen LogP contribution >= 0.6 is 0 Å². The van der Waals surface area contributed by atoms with Crippen molar-refractivity contribution in [3.05, 3.63) is 0 Å². The summed E-state index contributed by atoms with van der Waals surface area (Å²) in [5.41, 5.74) is 0. The molecule has 0 radical (unpaired) electrons. The number of nitrogens with zero attached hydrogens (tertiary/aromatic N) is 1. The van der Waals surface area contributed by atoms with Crippen molar-refractivity contribution >= 4 is 6.85 Å². The van der Waals surface area contributed by atoms with Crippen LogP contribution in [-0.4, -0.2) is 23.7 Å². The largest absolute Gasteiger partial charge is 0.397 e. The predicted octanol–water partition coefficient (Wildman–Crippen LogP) is 2.22. The molecule has 0 rings (SSSR count). The summed E-state index contributed by atoms with van der Waals surface area (Å²) >= 11 is 0. The second kappa shape index (κ2) is 6.58. The lowest BCUT2D eigenvalue weighted by Gasteiger charge is -2.31. The summed E-state index contributed by atoms with van der Waals surface area (Å²) in [7, 11) is 0. The van der Waals surface area contributed by atoms with Crippen LogP contribution in [-0.2, 0) is 0 Å². The van der Waals surface area contributed by atoms with E-state index in [0.29, 0.717) is 12.1 Å². The van der Waals surface area contributed by atoms with E-state index in [-0.39, 0.29) is 6.85 Å². The molecule has 0 N–H and O–H groups in total. The highest BCUT2D eigenvalue weighted by Crippen LogP contribution is 2.07. The number of hydrogen-bond donors (Lipinski definition) is 0. The first-order valence-corrected chi connectivity index (χ1v) is 5.16. The molecule has 0 heterocycles. The van der Waals surface area contributed by atoms with Gasteiger partial charge in [0.1, 0.15) is 0 Å². The third kappa shape index (κ3) is 3.90. The van der Waals surface area contributed by atoms with Crippen molar-refractivity contribution in [2.45, 2.75) is 53.6 Å². The zero-order chi connectivity index (χ0) is 11.1. The lowest BCUT2D eigenvalue weighted by Crippen LogP contribution is -2.47. The molecule has 0 aromatic rings. The van der Waals surface area contributed by atoms with E-state index in [1.807, 2.05) is 13.8 Å². The van der Waals surface area contributed by atoms with Crippen molar-refractivity contribution in [1.82, 2.24) is 4.81 Å². The maximum atomic E-state index is 3.15. The van der Waals surface area contributed by atoms with E-state index in [9.17, 15) is 0 Å². The smallest absolute Gasteiger partial charge is 0.316 e. The Morgan fingerprint density at radius 3 is 1.43 bits per heavy atom. The minimum Gasteiger partial charge on any atom is -0.316 e. The molecule has 0 saturated carbocycles. The van der Waals surface area contributed by atoms with Gasteiger partial charge in [0.15, 0.2) is 0 Å². The topological polar surface area (TPSA) is 3.24 Å². The van der Waals surface area contributed by atoms with Crippen LogP contribution in [0.25, 0.3) is 0 Å². The van der Waals surface area contributed by atoms with E-state index in [4.69, 9.17) is 0 Å². The summed E-state index contributed by atoms with van der Waals surface area (Å²) in [5.74, 6) is 12.2. The molecule has 0 aliphatic rings. The molecular weight excluding hydrogens is 169 g/mol. The average molecular weight is 189 g/mol. The molecule has 0 amide bonds. The number of rotatable bonds is 3. The highest BCUT2D eigenvalue weighted by atomic mass is 15.1. The maximum Gasteiger partial charge on any atom is 0.397 e. The molecule has 1 nitrogen and oxygen atoms in total. The molecule has 76 valence electrons. The Morgan fingerprint density at radius 1 is 0.857 bits per heavy atom. The Bertz CT molecular complexity index is 244. The van der Waals surface area contributed by atoms with Crippen LogP contribution in [0, 0.1) is 23.5 Å². The van der Waals surface area contributed by atoms with Gasteiger partial charge in [-0.2, -0.15) is 0 Å². The normalized spacial score (nSPS) is 9.50. The molecule has 2 heteroatoms. The zero-order valence-corrected chi connectivity index (χ0v) is 10.2. The third-order valence-corrected chi connectivity index (χ3v) is 2.05. The van der Waals surface area contributed by atoms with Gasteiger partial charge in [0, 0.05) is 0 Å². The molecule has 0 saturated heterocycles. The van der Waals surface area contributed by atoms with E-state index in [1.165, 1.54) is 0 Å². The molecule has 0 aliphatic carbocycles. The predicted molar refractivity (Wildman–Crippen MR) is 64.8 cm³/mol. The van der Waals surface area contributed by atoms with Crippen LogP contribution in [0.15, 0.2) is 0 Å². The molecule has 0 bridgehead atoms. The van der Waals surface area contributed by atoms with Crippen LogP contribution in [0.1, 0.15) is 41.5 Å². The molecule has 14 heavy (non-hydrogen) atoms. The quantitative estimate of drug-likeness (QED) is 0.486. The Kier molecular flexibility index (Phi) is 6.18. The lowest BCUT2D eigenvalue weighted by atomic mass is 9.60. The van der Waals surface area contributed by atoms with Gasteiger partial charge in [-0.15, -0.1) is 23.5 Å². The summed E-state index contributed by atoms with van der Waals surface area (Å²) in [6.07, 6.45) is 0. The van der Waals surface area contributed by atoms with Crippen molar-refractivity contribution < 1.29 is 0 Å². The van der Waals surface area contributed by atoms with Gasteiger partial charge in [0.25, 0.3) is 0 Å². The van der Waals surface area contributed by atoms with E-state index in [1.54, 1.807) is 0 Å². The van der Waals surface area contributed by atoms with Gasteiger partial charge >= 0.3 is 6.85 Å². The van der Waals surface area contributed by atoms with Gasteiger partial charge in [0.2, 0.25) is 0 Å². The van der Waals surface area contributed by atoms with Crippen molar-refractivity contribution in [3.63, 3.8) is 0 Å². The van der Waals surface area contributed by atoms with Crippen molar-refractivity contribution in [2.24, 2.45) is 0 Å². The summed E-state index contributed by atoms with van der Waals surface area (Å²) in [6, 6.07) is 0.948. The third-order valence-electron chi connectivity index (χ3n) is 2.05. The van der Waals surface area contributed by atoms with Gasteiger partial charge < -0.3 is 4.81 Å². The van der Waals surface area contributed by atoms with Gasteiger partial charge in [-0.05, 0) is 25.9 Å². The minimum absolute atomic E-state index is 0.0741. The number of hydrogen-bond acceptors (Lipinski definition) is 1. The van der Waals surface area contributed by atoms with Crippen molar-refractivity contribution in [1.29, 1.82) is 0 Å². The van der Waals surface area contributed by atoms with Crippen molar-refractivity contribution in [2.75, 3.05) is 0 Å². The minimum atomic E-state index is 0.0741. The molecule has 0 atom stereocenters. The van der Waals surface area contributed by atoms with Gasteiger partial charge in [-0.1, -0.05) is 27.7 Å². The van der Waals surface area contributed by atoms with E-state index in [2.05, 4.69) is 56.0 Å². The Hall–Kier alpha value is -0.855. The second-order valence-corrected chi connectivity index (χ2v) is 3.83. The molecular formula is C12H20BN. The van der Waals surface area contributed by atoms with Crippen LogP contribution in [0.5, 0.6) is 0 Å². The first kappa shape index (κ1) is 13.1. The Labute approximate surface area is 89.4 Å². The Balaban J connectivity index is 4.85. The summed E-state index contributed by atoms with van der Waals surface area (Å²) in [5, 5.41) is 0. The zero-order valence-electron chi connectivity index (χ0n) is 10.2. The van der Waals surface area contributed by atoms with Crippen LogP contribution in [0.2, 0.25) is 0 Å². The molecule has 0 aromatic heterocycles. The van der Waals surface area contributed by atoms with Gasteiger partial charge in [-0.25, -0.2) is 0 Å². The summed E-state index contributed by atoms with van der Waals surface area (Å²) < 4.78 is 0. The first-order valence-electron chi connectivity index (χ1n) is 5.16. The summed E-state index contributed by atoms with van der Waals surface area (Å²) in [6.45, 7) is 12.5. The van der Waals surface area contributed by atoms with Crippen molar-refractivity contribution in [3.8, 4) is 23.5 Å². The average Bonchev–Trinajstić information content (AvgIpc) is 2.03. The van der Waals surface area contributed by atoms with Crippen LogP contribution in [0.3, 0.4) is 0 Å². The highest BCUT2D eigenvalue weighted by Gasteiger charge is 2.24. The van der Waals surface area contributed by atoms with Gasteiger partial charge in [-0.3, -0.25) is 0 Å². The van der Waals surface area contributed by atoms with E-state index < -0.39 is 0 Å². The molecule has 0 aliphatic heterocycles. The molecule has 0 aromatic carbocycles. The monoisotopic (exact) mass is 189 g/mol. The molecule has 0 fully saturated rings. The fourth-order valence-corrected chi connectivity index (χ4v) is 1.65. The Morgan fingerprint density at radius 2 is 1.21 bits per heavy atom. The van der Waals surface area contributed by atoms with Crippen LogP contribution in [0.4, 0.5) is 0 Å². The first-order chi connectivity index (χ1) is 6.54. The second-order valence-electron chi connectivity index (χ2n) is 3.83. The van der Waals surface area contributed by atoms with E-state index in [0.717, 1.165) is 0 Å². The lowest BCUT2D eigenvalue weighted by molar-refractivity contribution is 0.311. The summed E-state index contributed by atoms with van der Waals surface area (Å²) in [4.78, 5) is 2.33. The fraction of sp³-hybridized carbons (Fsp3) is 0.667. The fourth-order valence-electron chi connectivity index (χ4n) is 1.65.